The van der Waals surface area contributed by atoms with Crippen molar-refractivity contribution in [3.05, 3.63) is 46.1 Å². The summed E-state index contributed by atoms with van der Waals surface area (Å²) in [7, 11) is 0. The normalized spacial score (nSPS) is 17.7. The van der Waals surface area contributed by atoms with Crippen molar-refractivity contribution in [3.8, 4) is 0 Å². The quantitative estimate of drug-likeness (QED) is 0.785. The summed E-state index contributed by atoms with van der Waals surface area (Å²) >= 11 is 6.14. The topological polar surface area (TPSA) is 61.3 Å². The molecule has 0 bridgehead atoms. The summed E-state index contributed by atoms with van der Waals surface area (Å²) in [6.07, 6.45) is 3.36. The zero-order valence-electron chi connectivity index (χ0n) is 16.0. The van der Waals surface area contributed by atoms with Gasteiger partial charge in [-0.2, -0.15) is 4.98 Å². The average molecular weight is 387 g/mol. The molecule has 0 unspecified atom stereocenters. The van der Waals surface area contributed by atoms with Crippen molar-refractivity contribution < 1.29 is 5.11 Å². The molecule has 6 heteroatoms. The molecule has 1 aliphatic carbocycles. The van der Waals surface area contributed by atoms with Crippen LogP contribution in [0.2, 0.25) is 5.02 Å². The fourth-order valence-electron chi connectivity index (χ4n) is 3.57. The summed E-state index contributed by atoms with van der Waals surface area (Å²) in [5, 5.41) is 13.8. The Balaban J connectivity index is 1.61. The minimum Gasteiger partial charge on any atom is -0.394 e. The molecular formula is C21H27ClN4O. The molecule has 0 saturated heterocycles. The lowest BCUT2D eigenvalue weighted by Crippen LogP contribution is -2.33. The first kappa shape index (κ1) is 18.5. The summed E-state index contributed by atoms with van der Waals surface area (Å²) in [5.41, 5.74) is 3.75. The molecule has 0 radical (unpaired) electrons. The van der Waals surface area contributed by atoms with Gasteiger partial charge in [-0.25, -0.2) is 4.98 Å². The highest BCUT2D eigenvalue weighted by Gasteiger charge is 2.28. The van der Waals surface area contributed by atoms with E-state index in [0.717, 1.165) is 36.0 Å². The molecule has 27 heavy (non-hydrogen) atoms. The van der Waals surface area contributed by atoms with Gasteiger partial charge in [-0.15, -0.1) is 0 Å². The van der Waals surface area contributed by atoms with Gasteiger partial charge >= 0.3 is 0 Å². The van der Waals surface area contributed by atoms with Crippen molar-refractivity contribution >= 4 is 23.4 Å². The van der Waals surface area contributed by atoms with Gasteiger partial charge in [0.2, 0.25) is 5.95 Å². The molecule has 2 aromatic rings. The number of hydrogen-bond donors (Lipinski definition) is 2. The fourth-order valence-corrected chi connectivity index (χ4v) is 3.77. The van der Waals surface area contributed by atoms with Crippen LogP contribution in [0.5, 0.6) is 0 Å². The van der Waals surface area contributed by atoms with Gasteiger partial charge in [0.1, 0.15) is 5.82 Å². The lowest BCUT2D eigenvalue weighted by molar-refractivity contribution is 0.248. The smallest absolute Gasteiger partial charge is 0.225 e. The molecule has 0 amide bonds. The summed E-state index contributed by atoms with van der Waals surface area (Å²) in [4.78, 5) is 11.9. The van der Waals surface area contributed by atoms with E-state index in [4.69, 9.17) is 21.6 Å². The van der Waals surface area contributed by atoms with E-state index in [2.05, 4.69) is 42.3 Å². The minimum atomic E-state index is -0.0449. The van der Waals surface area contributed by atoms with Crippen molar-refractivity contribution in [1.82, 2.24) is 9.97 Å². The third kappa shape index (κ3) is 4.19. The predicted octanol–water partition coefficient (Wildman–Crippen LogP) is 4.00. The van der Waals surface area contributed by atoms with Crippen molar-refractivity contribution in [2.45, 2.75) is 51.6 Å². The highest BCUT2D eigenvalue weighted by molar-refractivity contribution is 6.30. The molecule has 4 rings (SSSR count). The van der Waals surface area contributed by atoms with Gasteiger partial charge in [0.05, 0.1) is 18.3 Å². The average Bonchev–Trinajstić information content (AvgIpc) is 3.50. The van der Waals surface area contributed by atoms with Crippen LogP contribution in [0, 0.1) is 5.92 Å². The van der Waals surface area contributed by atoms with E-state index < -0.39 is 0 Å². The van der Waals surface area contributed by atoms with E-state index in [1.807, 2.05) is 6.07 Å². The standard InChI is InChI=1S/C21H27ClN4O/c1-13(2)19(12-27)24-21-23-18(14-3-4-14)10-20(25-21)26-8-7-15-9-17(22)6-5-16(15)11-26/h5-6,9-10,13-14,19,27H,3-4,7-8,11-12H2,1-2H3,(H,23,24,25)/t19-/m0/s1. The molecule has 2 heterocycles. The number of nitrogens with zero attached hydrogens (tertiary/aromatic N) is 3. The molecule has 1 aromatic heterocycles. The maximum atomic E-state index is 9.66. The van der Waals surface area contributed by atoms with Crippen molar-refractivity contribution in [2.75, 3.05) is 23.4 Å². The number of halogens is 1. The van der Waals surface area contributed by atoms with E-state index in [0.29, 0.717) is 17.8 Å². The number of anilines is 2. The Morgan fingerprint density at radius 3 is 2.74 bits per heavy atom. The predicted molar refractivity (Wildman–Crippen MR) is 110 cm³/mol. The first-order valence-corrected chi connectivity index (χ1v) is 10.2. The summed E-state index contributed by atoms with van der Waals surface area (Å²) in [6.45, 7) is 6.00. The number of aliphatic hydroxyl groups excluding tert-OH is 1. The van der Waals surface area contributed by atoms with Crippen LogP contribution in [-0.4, -0.2) is 34.3 Å². The Labute approximate surface area is 165 Å². The Morgan fingerprint density at radius 2 is 2.04 bits per heavy atom. The molecule has 5 nitrogen and oxygen atoms in total. The van der Waals surface area contributed by atoms with Gasteiger partial charge in [0.25, 0.3) is 0 Å². The van der Waals surface area contributed by atoms with E-state index in [1.54, 1.807) is 0 Å². The maximum Gasteiger partial charge on any atom is 0.225 e. The largest absolute Gasteiger partial charge is 0.394 e. The lowest BCUT2D eigenvalue weighted by Gasteiger charge is -2.30. The summed E-state index contributed by atoms with van der Waals surface area (Å²) < 4.78 is 0. The Bertz CT molecular complexity index is 822. The number of aromatic nitrogens is 2. The SMILES string of the molecule is CC(C)[C@H](CO)Nc1nc(C2CC2)cc(N2CCc3cc(Cl)ccc3C2)n1. The monoisotopic (exact) mass is 386 g/mol. The van der Waals surface area contributed by atoms with E-state index in [9.17, 15) is 5.11 Å². The zero-order valence-corrected chi connectivity index (χ0v) is 16.7. The van der Waals surface area contributed by atoms with Crippen LogP contribution < -0.4 is 10.2 Å². The third-order valence-corrected chi connectivity index (χ3v) is 5.78. The number of rotatable bonds is 6. The van der Waals surface area contributed by atoms with E-state index >= 15 is 0 Å². The van der Waals surface area contributed by atoms with Gasteiger partial charge in [0, 0.05) is 30.1 Å². The minimum absolute atomic E-state index is 0.0449. The molecule has 1 atom stereocenters. The van der Waals surface area contributed by atoms with Gasteiger partial charge in [-0.3, -0.25) is 0 Å². The highest BCUT2D eigenvalue weighted by atomic mass is 35.5. The Kier molecular flexibility index (Phi) is 5.24. The third-order valence-electron chi connectivity index (χ3n) is 5.55. The molecule has 0 spiro atoms. The van der Waals surface area contributed by atoms with Gasteiger partial charge in [-0.05, 0) is 48.4 Å². The van der Waals surface area contributed by atoms with E-state index in [-0.39, 0.29) is 12.6 Å². The van der Waals surface area contributed by atoms with Crippen molar-refractivity contribution in [2.24, 2.45) is 5.92 Å². The lowest BCUT2D eigenvalue weighted by atomic mass is 10.00. The number of hydrogen-bond acceptors (Lipinski definition) is 5. The van der Waals surface area contributed by atoms with Crippen LogP contribution in [0.25, 0.3) is 0 Å². The number of aliphatic hydroxyl groups is 1. The summed E-state index contributed by atoms with van der Waals surface area (Å²) in [5.74, 6) is 2.45. The second-order valence-corrected chi connectivity index (χ2v) is 8.45. The first-order chi connectivity index (χ1) is 13.0. The number of nitrogens with one attached hydrogen (secondary N) is 1. The van der Waals surface area contributed by atoms with Crippen LogP contribution in [0.4, 0.5) is 11.8 Å². The van der Waals surface area contributed by atoms with Crippen LogP contribution >= 0.6 is 11.6 Å². The second kappa shape index (κ2) is 7.64. The molecule has 1 aromatic carbocycles. The molecule has 2 aliphatic rings. The molecular weight excluding hydrogens is 360 g/mol. The maximum absolute atomic E-state index is 9.66. The zero-order chi connectivity index (χ0) is 19.0. The summed E-state index contributed by atoms with van der Waals surface area (Å²) in [6, 6.07) is 8.25. The van der Waals surface area contributed by atoms with Gasteiger partial charge < -0.3 is 15.3 Å². The first-order valence-electron chi connectivity index (χ1n) is 9.82. The Hall–Kier alpha value is -1.85. The molecule has 1 aliphatic heterocycles. The molecule has 144 valence electrons. The van der Waals surface area contributed by atoms with Gasteiger partial charge in [-0.1, -0.05) is 31.5 Å². The Morgan fingerprint density at radius 1 is 1.22 bits per heavy atom. The second-order valence-electron chi connectivity index (χ2n) is 8.01. The fraction of sp³-hybridized carbons (Fsp3) is 0.524. The van der Waals surface area contributed by atoms with Crippen LogP contribution in [0.1, 0.15) is 49.4 Å². The van der Waals surface area contributed by atoms with Gasteiger partial charge in [0.15, 0.2) is 0 Å². The highest BCUT2D eigenvalue weighted by Crippen LogP contribution is 2.40. The van der Waals surface area contributed by atoms with Crippen LogP contribution in [0.3, 0.4) is 0 Å². The van der Waals surface area contributed by atoms with E-state index in [1.165, 1.54) is 24.0 Å². The van der Waals surface area contributed by atoms with Crippen molar-refractivity contribution in [1.29, 1.82) is 0 Å². The number of fused-ring (bicyclic) bond motifs is 1. The van der Waals surface area contributed by atoms with Crippen LogP contribution in [0.15, 0.2) is 24.3 Å². The van der Waals surface area contributed by atoms with Crippen molar-refractivity contribution in [3.63, 3.8) is 0 Å². The number of benzene rings is 1. The molecule has 2 N–H and O–H groups in total. The molecule has 1 fully saturated rings. The molecule has 1 saturated carbocycles. The van der Waals surface area contributed by atoms with Crippen LogP contribution in [-0.2, 0) is 13.0 Å².